The van der Waals surface area contributed by atoms with Gasteiger partial charge in [-0.2, -0.15) is 0 Å². The van der Waals surface area contributed by atoms with Crippen molar-refractivity contribution < 1.29 is 9.53 Å². The van der Waals surface area contributed by atoms with E-state index < -0.39 is 0 Å². The van der Waals surface area contributed by atoms with Crippen LogP contribution in [0, 0.1) is 0 Å². The van der Waals surface area contributed by atoms with Crippen LogP contribution in [-0.4, -0.2) is 72.0 Å². The molecule has 0 amide bonds. The molecular weight excluding hydrogens is 375 g/mol. The second-order valence-electron chi connectivity index (χ2n) is 4.39. The molecule has 0 saturated heterocycles. The third-order valence-corrected chi connectivity index (χ3v) is 2.29. The van der Waals surface area contributed by atoms with E-state index in [4.69, 9.17) is 0 Å². The summed E-state index contributed by atoms with van der Waals surface area (Å²) in [5, 5.41) is 7.80. The standard InChI is InChI=1S/C11H20N6O2.HI/c1-15(2)11(16(3)4)12-6-9-7-17(14-13-9)8-10(18)19-5;/h7H,6,8H2,1-5H3;1H. The van der Waals surface area contributed by atoms with Gasteiger partial charge < -0.3 is 14.5 Å². The van der Waals surface area contributed by atoms with Crippen LogP contribution >= 0.6 is 24.0 Å². The smallest absolute Gasteiger partial charge is 0.327 e. The maximum absolute atomic E-state index is 11.1. The number of carbonyl (C=O) groups is 1. The third kappa shape index (κ3) is 5.72. The molecule has 8 nitrogen and oxygen atoms in total. The highest BCUT2D eigenvalue weighted by atomic mass is 127. The van der Waals surface area contributed by atoms with Gasteiger partial charge in [0, 0.05) is 28.2 Å². The fourth-order valence-electron chi connectivity index (χ4n) is 1.52. The summed E-state index contributed by atoms with van der Waals surface area (Å²) in [7, 11) is 9.03. The number of aromatic nitrogens is 3. The molecule has 9 heteroatoms. The first-order chi connectivity index (χ1) is 8.93. The van der Waals surface area contributed by atoms with Gasteiger partial charge in [-0.25, -0.2) is 9.67 Å². The summed E-state index contributed by atoms with van der Waals surface area (Å²) < 4.78 is 5.99. The first-order valence-electron chi connectivity index (χ1n) is 5.79. The monoisotopic (exact) mass is 396 g/mol. The Balaban J connectivity index is 0.00000361. The number of hydrogen-bond acceptors (Lipinski definition) is 5. The number of halogens is 1. The van der Waals surface area contributed by atoms with Crippen LogP contribution in [0.25, 0.3) is 0 Å². The summed E-state index contributed by atoms with van der Waals surface area (Å²) in [5.41, 5.74) is 0.699. The lowest BCUT2D eigenvalue weighted by molar-refractivity contribution is -0.141. The topological polar surface area (TPSA) is 75.9 Å². The van der Waals surface area contributed by atoms with Crippen molar-refractivity contribution in [2.75, 3.05) is 35.3 Å². The van der Waals surface area contributed by atoms with Crippen LogP contribution in [0.5, 0.6) is 0 Å². The second kappa shape index (κ2) is 8.72. The average molecular weight is 396 g/mol. The Morgan fingerprint density at radius 1 is 1.35 bits per heavy atom. The van der Waals surface area contributed by atoms with Crippen LogP contribution in [0.15, 0.2) is 11.2 Å². The Hall–Kier alpha value is -1.39. The lowest BCUT2D eigenvalue weighted by atomic mass is 10.5. The van der Waals surface area contributed by atoms with Crippen molar-refractivity contribution in [3.05, 3.63) is 11.9 Å². The summed E-state index contributed by atoms with van der Waals surface area (Å²) >= 11 is 0. The van der Waals surface area contributed by atoms with Gasteiger partial charge in [-0.15, -0.1) is 29.1 Å². The fourth-order valence-corrected chi connectivity index (χ4v) is 1.52. The molecule has 0 fully saturated rings. The van der Waals surface area contributed by atoms with Crippen LogP contribution < -0.4 is 0 Å². The molecule has 1 aromatic heterocycles. The maximum atomic E-state index is 11.1. The number of carbonyl (C=O) groups excluding carboxylic acids is 1. The van der Waals surface area contributed by atoms with Crippen molar-refractivity contribution in [3.8, 4) is 0 Å². The Morgan fingerprint density at radius 2 is 1.95 bits per heavy atom. The van der Waals surface area contributed by atoms with E-state index in [9.17, 15) is 4.79 Å². The molecular formula is C11H21IN6O2. The van der Waals surface area contributed by atoms with Crippen LogP contribution in [0.2, 0.25) is 0 Å². The number of guanidine groups is 1. The van der Waals surface area contributed by atoms with Gasteiger partial charge in [0.15, 0.2) is 5.96 Å². The van der Waals surface area contributed by atoms with Crippen molar-refractivity contribution in [1.29, 1.82) is 0 Å². The highest BCUT2D eigenvalue weighted by Crippen LogP contribution is 1.99. The Morgan fingerprint density at radius 3 is 2.45 bits per heavy atom. The molecule has 1 rings (SSSR count). The summed E-state index contributed by atoms with van der Waals surface area (Å²) in [6.07, 6.45) is 1.68. The molecule has 20 heavy (non-hydrogen) atoms. The molecule has 0 aliphatic carbocycles. The zero-order valence-corrected chi connectivity index (χ0v) is 14.7. The molecule has 0 aliphatic rings. The van der Waals surface area contributed by atoms with Gasteiger partial charge >= 0.3 is 5.97 Å². The van der Waals surface area contributed by atoms with Crippen molar-refractivity contribution >= 4 is 35.9 Å². The number of nitrogens with zero attached hydrogens (tertiary/aromatic N) is 6. The van der Waals surface area contributed by atoms with E-state index in [2.05, 4.69) is 20.0 Å². The number of aliphatic imine (C=N–C) groups is 1. The van der Waals surface area contributed by atoms with Gasteiger partial charge in [0.25, 0.3) is 0 Å². The minimum Gasteiger partial charge on any atom is -0.468 e. The molecule has 1 heterocycles. The number of rotatable bonds is 4. The summed E-state index contributed by atoms with van der Waals surface area (Å²) in [6.45, 7) is 0.467. The Kier molecular flexibility index (Phi) is 8.11. The number of esters is 1. The van der Waals surface area contributed by atoms with E-state index in [1.807, 2.05) is 38.0 Å². The van der Waals surface area contributed by atoms with E-state index in [1.54, 1.807) is 6.20 Å². The number of ether oxygens (including phenoxy) is 1. The molecule has 0 saturated carbocycles. The summed E-state index contributed by atoms with van der Waals surface area (Å²) in [5.74, 6) is 0.477. The first kappa shape index (κ1) is 18.6. The van der Waals surface area contributed by atoms with E-state index >= 15 is 0 Å². The highest BCUT2D eigenvalue weighted by molar-refractivity contribution is 14.0. The largest absolute Gasteiger partial charge is 0.468 e. The van der Waals surface area contributed by atoms with Crippen molar-refractivity contribution in [2.45, 2.75) is 13.1 Å². The molecule has 0 N–H and O–H groups in total. The lowest BCUT2D eigenvalue weighted by Gasteiger charge is -2.22. The first-order valence-corrected chi connectivity index (χ1v) is 5.79. The fraction of sp³-hybridized carbons (Fsp3) is 0.636. The molecule has 0 unspecified atom stereocenters. The molecule has 0 spiro atoms. The van der Waals surface area contributed by atoms with Gasteiger partial charge in [0.05, 0.1) is 19.9 Å². The minimum absolute atomic E-state index is 0. The van der Waals surface area contributed by atoms with Crippen molar-refractivity contribution in [3.63, 3.8) is 0 Å². The van der Waals surface area contributed by atoms with Gasteiger partial charge in [-0.3, -0.25) is 4.79 Å². The van der Waals surface area contributed by atoms with Crippen LogP contribution in [0.1, 0.15) is 5.69 Å². The van der Waals surface area contributed by atoms with E-state index in [0.29, 0.717) is 12.2 Å². The summed E-state index contributed by atoms with van der Waals surface area (Å²) in [6, 6.07) is 0. The highest BCUT2D eigenvalue weighted by Gasteiger charge is 2.07. The average Bonchev–Trinajstić information content (AvgIpc) is 2.76. The zero-order valence-electron chi connectivity index (χ0n) is 12.4. The predicted octanol–water partition coefficient (Wildman–Crippen LogP) is 0.0483. The van der Waals surface area contributed by atoms with E-state index in [-0.39, 0.29) is 36.5 Å². The normalized spacial score (nSPS) is 9.45. The molecule has 1 aromatic rings. The van der Waals surface area contributed by atoms with Gasteiger partial charge in [-0.1, -0.05) is 5.21 Å². The quantitative estimate of drug-likeness (QED) is 0.310. The summed E-state index contributed by atoms with van der Waals surface area (Å²) in [4.78, 5) is 19.4. The van der Waals surface area contributed by atoms with Crippen molar-refractivity contribution in [1.82, 2.24) is 24.8 Å². The SMILES string of the molecule is COC(=O)Cn1cc(CN=C(N(C)C)N(C)C)nn1.I. The van der Waals surface area contributed by atoms with Crippen LogP contribution in [-0.2, 0) is 22.6 Å². The van der Waals surface area contributed by atoms with E-state index in [1.165, 1.54) is 11.8 Å². The van der Waals surface area contributed by atoms with Crippen LogP contribution in [0.4, 0.5) is 0 Å². The predicted molar refractivity (Wildman–Crippen MR) is 86.0 cm³/mol. The third-order valence-electron chi connectivity index (χ3n) is 2.29. The second-order valence-corrected chi connectivity index (χ2v) is 4.39. The Bertz CT molecular complexity index is 448. The van der Waals surface area contributed by atoms with E-state index in [0.717, 1.165) is 5.96 Å². The molecule has 0 aromatic carbocycles. The number of hydrogen-bond donors (Lipinski definition) is 0. The molecule has 114 valence electrons. The van der Waals surface area contributed by atoms with Gasteiger partial charge in [0.2, 0.25) is 0 Å². The zero-order chi connectivity index (χ0) is 14.4. The van der Waals surface area contributed by atoms with Gasteiger partial charge in [-0.05, 0) is 0 Å². The maximum Gasteiger partial charge on any atom is 0.327 e. The molecule has 0 bridgehead atoms. The van der Waals surface area contributed by atoms with Crippen molar-refractivity contribution in [2.24, 2.45) is 4.99 Å². The molecule has 0 radical (unpaired) electrons. The number of methoxy groups -OCH3 is 1. The lowest BCUT2D eigenvalue weighted by Crippen LogP contribution is -2.35. The van der Waals surface area contributed by atoms with Crippen LogP contribution in [0.3, 0.4) is 0 Å². The minimum atomic E-state index is -0.359. The van der Waals surface area contributed by atoms with Gasteiger partial charge in [0.1, 0.15) is 12.2 Å². The Labute approximate surface area is 135 Å². The molecule has 0 aliphatic heterocycles. The molecule has 0 atom stereocenters.